The van der Waals surface area contributed by atoms with Crippen LogP contribution in [0.3, 0.4) is 0 Å². The van der Waals surface area contributed by atoms with Gasteiger partial charge in [-0.3, -0.25) is 4.79 Å². The SMILES string of the molecule is CCCNC(CCC)CN1CCOc2ccccc2C1=O. The number of amides is 1. The smallest absolute Gasteiger partial charge is 0.257 e. The maximum absolute atomic E-state index is 12.7. The third-order valence-corrected chi connectivity index (χ3v) is 3.78. The third kappa shape index (κ3) is 4.21. The van der Waals surface area contributed by atoms with Crippen LogP contribution >= 0.6 is 0 Å². The molecule has 1 aromatic carbocycles. The standard InChI is InChI=1S/C17H26N2O2/c1-3-7-14(18-10-4-2)13-19-11-12-21-16-9-6-5-8-15(16)17(19)20/h5-6,8-9,14,18H,3-4,7,10-13H2,1-2H3. The van der Waals surface area contributed by atoms with E-state index in [1.165, 1.54) is 0 Å². The maximum atomic E-state index is 12.7. The molecule has 0 bridgehead atoms. The number of hydrogen-bond acceptors (Lipinski definition) is 3. The van der Waals surface area contributed by atoms with E-state index in [0.29, 0.717) is 30.5 Å². The molecule has 0 fully saturated rings. The first-order chi connectivity index (χ1) is 10.3. The Bertz CT molecular complexity index is 462. The molecule has 0 saturated heterocycles. The number of ether oxygens (including phenoxy) is 1. The van der Waals surface area contributed by atoms with E-state index in [-0.39, 0.29) is 5.91 Å². The molecule has 1 heterocycles. The zero-order valence-corrected chi connectivity index (χ0v) is 13.1. The lowest BCUT2D eigenvalue weighted by Gasteiger charge is -2.26. The molecule has 0 aromatic heterocycles. The molecule has 4 nitrogen and oxygen atoms in total. The van der Waals surface area contributed by atoms with E-state index in [9.17, 15) is 4.79 Å². The van der Waals surface area contributed by atoms with Gasteiger partial charge in [-0.2, -0.15) is 0 Å². The molecule has 21 heavy (non-hydrogen) atoms. The Morgan fingerprint density at radius 1 is 1.29 bits per heavy atom. The lowest BCUT2D eigenvalue weighted by molar-refractivity contribution is 0.0735. The van der Waals surface area contributed by atoms with Gasteiger partial charge in [0.05, 0.1) is 12.1 Å². The minimum atomic E-state index is 0.0856. The van der Waals surface area contributed by atoms with E-state index in [1.807, 2.05) is 29.2 Å². The van der Waals surface area contributed by atoms with Gasteiger partial charge in [0.15, 0.2) is 0 Å². The van der Waals surface area contributed by atoms with Gasteiger partial charge >= 0.3 is 0 Å². The highest BCUT2D eigenvalue weighted by atomic mass is 16.5. The summed E-state index contributed by atoms with van der Waals surface area (Å²) in [5, 5.41) is 3.55. The second-order valence-electron chi connectivity index (χ2n) is 5.54. The van der Waals surface area contributed by atoms with E-state index >= 15 is 0 Å². The molecule has 1 N–H and O–H groups in total. The normalized spacial score (nSPS) is 16.1. The molecule has 1 aliphatic rings. The van der Waals surface area contributed by atoms with Crippen molar-refractivity contribution in [2.75, 3.05) is 26.2 Å². The Kier molecular flexibility index (Phi) is 6.05. The summed E-state index contributed by atoms with van der Waals surface area (Å²) in [6, 6.07) is 7.89. The van der Waals surface area contributed by atoms with Crippen LogP contribution < -0.4 is 10.1 Å². The van der Waals surface area contributed by atoms with Gasteiger partial charge in [-0.15, -0.1) is 0 Å². The molecule has 4 heteroatoms. The van der Waals surface area contributed by atoms with Crippen LogP contribution in [0.25, 0.3) is 0 Å². The molecule has 1 amide bonds. The molecule has 0 radical (unpaired) electrons. The van der Waals surface area contributed by atoms with Gasteiger partial charge in [0.25, 0.3) is 5.91 Å². The third-order valence-electron chi connectivity index (χ3n) is 3.78. The molecule has 0 aliphatic carbocycles. The molecule has 1 aromatic rings. The molecular formula is C17H26N2O2. The second kappa shape index (κ2) is 8.03. The van der Waals surface area contributed by atoms with Crippen LogP contribution in [0.2, 0.25) is 0 Å². The molecule has 0 spiro atoms. The van der Waals surface area contributed by atoms with Crippen molar-refractivity contribution in [1.82, 2.24) is 10.2 Å². The van der Waals surface area contributed by atoms with Crippen LogP contribution in [0.4, 0.5) is 0 Å². The highest BCUT2D eigenvalue weighted by Crippen LogP contribution is 2.22. The Labute approximate surface area is 127 Å². The van der Waals surface area contributed by atoms with Crippen molar-refractivity contribution in [3.05, 3.63) is 29.8 Å². The average Bonchev–Trinajstić information content (AvgIpc) is 2.65. The molecule has 1 atom stereocenters. The summed E-state index contributed by atoms with van der Waals surface area (Å²) >= 11 is 0. The van der Waals surface area contributed by atoms with E-state index in [1.54, 1.807) is 0 Å². The Balaban J connectivity index is 2.06. The Morgan fingerprint density at radius 3 is 2.86 bits per heavy atom. The van der Waals surface area contributed by atoms with E-state index in [4.69, 9.17) is 4.74 Å². The fraction of sp³-hybridized carbons (Fsp3) is 0.588. The zero-order valence-electron chi connectivity index (χ0n) is 13.1. The van der Waals surface area contributed by atoms with Gasteiger partial charge in [-0.1, -0.05) is 32.4 Å². The summed E-state index contributed by atoms with van der Waals surface area (Å²) in [4.78, 5) is 14.6. The Morgan fingerprint density at radius 2 is 2.10 bits per heavy atom. The van der Waals surface area contributed by atoms with Crippen LogP contribution in [-0.2, 0) is 0 Å². The minimum Gasteiger partial charge on any atom is -0.491 e. The summed E-state index contributed by atoms with van der Waals surface area (Å²) in [5.41, 5.74) is 0.681. The number of nitrogens with zero attached hydrogens (tertiary/aromatic N) is 1. The average molecular weight is 290 g/mol. The number of hydrogen-bond donors (Lipinski definition) is 1. The molecule has 1 aliphatic heterocycles. The zero-order chi connectivity index (χ0) is 15.1. The topological polar surface area (TPSA) is 41.6 Å². The minimum absolute atomic E-state index is 0.0856. The Hall–Kier alpha value is -1.55. The van der Waals surface area contributed by atoms with Crippen molar-refractivity contribution in [1.29, 1.82) is 0 Å². The van der Waals surface area contributed by atoms with Crippen molar-refractivity contribution < 1.29 is 9.53 Å². The number of benzene rings is 1. The first-order valence-electron chi connectivity index (χ1n) is 8.00. The number of fused-ring (bicyclic) bond motifs is 1. The summed E-state index contributed by atoms with van der Waals surface area (Å²) in [6.45, 7) is 7.32. The fourth-order valence-electron chi connectivity index (χ4n) is 2.70. The summed E-state index contributed by atoms with van der Waals surface area (Å²) in [7, 11) is 0. The van der Waals surface area contributed by atoms with Crippen LogP contribution in [0.1, 0.15) is 43.5 Å². The first kappa shape index (κ1) is 15.8. The van der Waals surface area contributed by atoms with Gasteiger partial charge in [-0.25, -0.2) is 0 Å². The van der Waals surface area contributed by atoms with E-state index in [2.05, 4.69) is 19.2 Å². The highest BCUT2D eigenvalue weighted by Gasteiger charge is 2.24. The van der Waals surface area contributed by atoms with Crippen molar-refractivity contribution >= 4 is 5.91 Å². The highest BCUT2D eigenvalue weighted by molar-refractivity contribution is 5.97. The van der Waals surface area contributed by atoms with Crippen molar-refractivity contribution in [3.8, 4) is 5.75 Å². The molecule has 2 rings (SSSR count). The fourth-order valence-corrected chi connectivity index (χ4v) is 2.70. The van der Waals surface area contributed by atoms with E-state index in [0.717, 1.165) is 32.4 Å². The van der Waals surface area contributed by atoms with Crippen molar-refractivity contribution in [2.45, 2.75) is 39.2 Å². The van der Waals surface area contributed by atoms with Gasteiger partial charge in [0.2, 0.25) is 0 Å². The van der Waals surface area contributed by atoms with Gasteiger partial charge in [0, 0.05) is 12.6 Å². The maximum Gasteiger partial charge on any atom is 0.257 e. The molecule has 116 valence electrons. The summed E-state index contributed by atoms with van der Waals surface area (Å²) in [5.74, 6) is 0.793. The lowest BCUT2D eigenvalue weighted by atomic mass is 10.1. The molecule has 0 saturated carbocycles. The van der Waals surface area contributed by atoms with Crippen LogP contribution in [0.5, 0.6) is 5.75 Å². The number of carbonyl (C=O) groups is 1. The predicted molar refractivity (Wildman–Crippen MR) is 84.8 cm³/mol. The van der Waals surface area contributed by atoms with Gasteiger partial charge in [-0.05, 0) is 31.5 Å². The molecular weight excluding hydrogens is 264 g/mol. The number of carbonyl (C=O) groups excluding carboxylic acids is 1. The van der Waals surface area contributed by atoms with Crippen molar-refractivity contribution in [2.24, 2.45) is 0 Å². The summed E-state index contributed by atoms with van der Waals surface area (Å²) < 4.78 is 5.69. The quantitative estimate of drug-likeness (QED) is 0.839. The first-order valence-corrected chi connectivity index (χ1v) is 8.00. The second-order valence-corrected chi connectivity index (χ2v) is 5.54. The number of nitrogens with one attached hydrogen (secondary N) is 1. The number of rotatable bonds is 7. The van der Waals surface area contributed by atoms with Crippen LogP contribution in [0.15, 0.2) is 24.3 Å². The van der Waals surface area contributed by atoms with Gasteiger partial charge in [0.1, 0.15) is 12.4 Å². The predicted octanol–water partition coefficient (Wildman–Crippen LogP) is 2.69. The largest absolute Gasteiger partial charge is 0.491 e. The van der Waals surface area contributed by atoms with Crippen molar-refractivity contribution in [3.63, 3.8) is 0 Å². The number of para-hydroxylation sites is 1. The lowest BCUT2D eigenvalue weighted by Crippen LogP contribution is -2.44. The monoisotopic (exact) mass is 290 g/mol. The van der Waals surface area contributed by atoms with E-state index < -0.39 is 0 Å². The van der Waals surface area contributed by atoms with Gasteiger partial charge < -0.3 is 15.0 Å². The molecule has 1 unspecified atom stereocenters. The summed E-state index contributed by atoms with van der Waals surface area (Å²) in [6.07, 6.45) is 3.32. The van der Waals surface area contributed by atoms with Crippen LogP contribution in [-0.4, -0.2) is 43.1 Å². The van der Waals surface area contributed by atoms with Crippen LogP contribution in [0, 0.1) is 0 Å².